The van der Waals surface area contributed by atoms with Crippen molar-refractivity contribution in [2.45, 2.75) is 0 Å². The molecule has 0 atom stereocenters. The molecule has 0 spiro atoms. The van der Waals surface area contributed by atoms with E-state index >= 15 is 0 Å². The fourth-order valence-corrected chi connectivity index (χ4v) is 1.35. The second-order valence-corrected chi connectivity index (χ2v) is 3.34. The second kappa shape index (κ2) is 5.09. The molecule has 2 rings (SSSR count). The van der Waals surface area contributed by atoms with E-state index in [2.05, 4.69) is 15.3 Å². The SMILES string of the molecule is COc1nc(Nc2ccccc2)ncc1[N+](=O)[O-]. The van der Waals surface area contributed by atoms with Gasteiger partial charge in [0.15, 0.2) is 0 Å². The van der Waals surface area contributed by atoms with E-state index in [0.29, 0.717) is 0 Å². The average Bonchev–Trinajstić information content (AvgIpc) is 2.39. The van der Waals surface area contributed by atoms with Crippen LogP contribution in [0.25, 0.3) is 0 Å². The Morgan fingerprint density at radius 2 is 2.06 bits per heavy atom. The Bertz CT molecular complexity index is 559. The summed E-state index contributed by atoms with van der Waals surface area (Å²) in [5.41, 5.74) is 0.518. The first kappa shape index (κ1) is 11.8. The molecule has 1 N–H and O–H groups in total. The smallest absolute Gasteiger partial charge is 0.349 e. The van der Waals surface area contributed by atoms with Crippen molar-refractivity contribution in [1.29, 1.82) is 0 Å². The number of nitro groups is 1. The van der Waals surface area contributed by atoms with Crippen LogP contribution in [0.1, 0.15) is 0 Å². The number of para-hydroxylation sites is 1. The van der Waals surface area contributed by atoms with Crippen LogP contribution >= 0.6 is 0 Å². The zero-order valence-electron chi connectivity index (χ0n) is 9.53. The van der Waals surface area contributed by atoms with Gasteiger partial charge in [0.1, 0.15) is 6.20 Å². The number of anilines is 2. The largest absolute Gasteiger partial charge is 0.476 e. The first-order chi connectivity index (χ1) is 8.70. The predicted octanol–water partition coefficient (Wildman–Crippen LogP) is 2.14. The van der Waals surface area contributed by atoms with Crippen LogP contribution in [0.15, 0.2) is 36.5 Å². The van der Waals surface area contributed by atoms with E-state index < -0.39 is 4.92 Å². The van der Waals surface area contributed by atoms with Crippen LogP contribution in [-0.2, 0) is 0 Å². The highest BCUT2D eigenvalue weighted by Gasteiger charge is 2.17. The molecule has 0 unspecified atom stereocenters. The average molecular weight is 246 g/mol. The van der Waals surface area contributed by atoms with E-state index in [4.69, 9.17) is 4.74 Å². The highest BCUT2D eigenvalue weighted by atomic mass is 16.6. The van der Waals surface area contributed by atoms with Crippen molar-refractivity contribution in [3.05, 3.63) is 46.6 Å². The maximum atomic E-state index is 10.7. The number of ether oxygens (including phenoxy) is 1. The van der Waals surface area contributed by atoms with Crippen molar-refractivity contribution in [2.75, 3.05) is 12.4 Å². The maximum Gasteiger partial charge on any atom is 0.349 e. The fraction of sp³-hybridized carbons (Fsp3) is 0.0909. The molecule has 0 fully saturated rings. The van der Waals surface area contributed by atoms with E-state index in [1.807, 2.05) is 30.3 Å². The number of hydrogen-bond donors (Lipinski definition) is 1. The summed E-state index contributed by atoms with van der Waals surface area (Å²) in [4.78, 5) is 17.9. The van der Waals surface area contributed by atoms with Gasteiger partial charge in [-0.2, -0.15) is 4.98 Å². The molecular weight excluding hydrogens is 236 g/mol. The maximum absolute atomic E-state index is 10.7. The molecule has 2 aromatic rings. The second-order valence-electron chi connectivity index (χ2n) is 3.34. The molecule has 0 aliphatic rings. The minimum atomic E-state index is -0.592. The number of nitrogens with one attached hydrogen (secondary N) is 1. The van der Waals surface area contributed by atoms with Crippen LogP contribution in [0, 0.1) is 10.1 Å². The van der Waals surface area contributed by atoms with Crippen molar-refractivity contribution in [2.24, 2.45) is 0 Å². The lowest BCUT2D eigenvalue weighted by Gasteiger charge is -2.05. The molecule has 0 saturated carbocycles. The molecule has 0 bridgehead atoms. The molecule has 1 aromatic carbocycles. The molecule has 7 heteroatoms. The lowest BCUT2D eigenvalue weighted by atomic mass is 10.3. The van der Waals surface area contributed by atoms with Crippen LogP contribution in [0.2, 0.25) is 0 Å². The van der Waals surface area contributed by atoms with E-state index in [9.17, 15) is 10.1 Å². The minimum Gasteiger partial charge on any atom is -0.476 e. The Morgan fingerprint density at radius 3 is 2.67 bits per heavy atom. The third-order valence-electron chi connectivity index (χ3n) is 2.16. The Balaban J connectivity index is 2.28. The Hall–Kier alpha value is -2.70. The van der Waals surface area contributed by atoms with Gasteiger partial charge < -0.3 is 10.1 Å². The van der Waals surface area contributed by atoms with Crippen LogP contribution in [0.5, 0.6) is 5.88 Å². The summed E-state index contributed by atoms with van der Waals surface area (Å²) in [5, 5.41) is 13.6. The number of nitrogens with zero attached hydrogens (tertiary/aromatic N) is 3. The summed E-state index contributed by atoms with van der Waals surface area (Å²) < 4.78 is 4.85. The van der Waals surface area contributed by atoms with E-state index in [1.54, 1.807) is 0 Å². The molecule has 7 nitrogen and oxygen atoms in total. The first-order valence-electron chi connectivity index (χ1n) is 5.08. The number of hydrogen-bond acceptors (Lipinski definition) is 6. The van der Waals surface area contributed by atoms with E-state index in [0.717, 1.165) is 11.9 Å². The van der Waals surface area contributed by atoms with Gasteiger partial charge in [-0.15, -0.1) is 0 Å². The van der Waals surface area contributed by atoms with Gasteiger partial charge in [0, 0.05) is 5.69 Å². The topological polar surface area (TPSA) is 90.2 Å². The van der Waals surface area contributed by atoms with Crippen LogP contribution in [0.4, 0.5) is 17.3 Å². The summed E-state index contributed by atoms with van der Waals surface area (Å²) in [6, 6.07) is 9.24. The number of methoxy groups -OCH3 is 1. The molecule has 1 heterocycles. The van der Waals surface area contributed by atoms with Gasteiger partial charge in [-0.1, -0.05) is 18.2 Å². The van der Waals surface area contributed by atoms with Gasteiger partial charge in [-0.05, 0) is 12.1 Å². The molecular formula is C11H10N4O3. The Kier molecular flexibility index (Phi) is 3.33. The number of aromatic nitrogens is 2. The number of benzene rings is 1. The van der Waals surface area contributed by atoms with Crippen molar-refractivity contribution in [1.82, 2.24) is 9.97 Å². The third-order valence-corrected chi connectivity index (χ3v) is 2.16. The monoisotopic (exact) mass is 246 g/mol. The van der Waals surface area contributed by atoms with Gasteiger partial charge >= 0.3 is 5.69 Å². The van der Waals surface area contributed by atoms with Crippen LogP contribution < -0.4 is 10.1 Å². The van der Waals surface area contributed by atoms with Crippen molar-refractivity contribution < 1.29 is 9.66 Å². The van der Waals surface area contributed by atoms with E-state index in [-0.39, 0.29) is 17.5 Å². The van der Waals surface area contributed by atoms with Crippen molar-refractivity contribution in [3.8, 4) is 5.88 Å². The normalized spacial score (nSPS) is 9.83. The number of rotatable bonds is 4. The molecule has 0 saturated heterocycles. The highest BCUT2D eigenvalue weighted by molar-refractivity contribution is 5.54. The molecule has 92 valence electrons. The van der Waals surface area contributed by atoms with Crippen LogP contribution in [-0.4, -0.2) is 22.0 Å². The molecule has 18 heavy (non-hydrogen) atoms. The van der Waals surface area contributed by atoms with Crippen molar-refractivity contribution in [3.63, 3.8) is 0 Å². The highest BCUT2D eigenvalue weighted by Crippen LogP contribution is 2.24. The van der Waals surface area contributed by atoms with Gasteiger partial charge in [0.25, 0.3) is 5.88 Å². The molecule has 0 aliphatic heterocycles. The minimum absolute atomic E-state index is 0.0755. The zero-order valence-corrected chi connectivity index (χ0v) is 9.53. The molecule has 1 aromatic heterocycles. The lowest BCUT2D eigenvalue weighted by molar-refractivity contribution is -0.386. The molecule has 0 radical (unpaired) electrons. The summed E-state index contributed by atoms with van der Waals surface area (Å²) in [5.74, 6) is 0.164. The van der Waals surface area contributed by atoms with Gasteiger partial charge in [-0.25, -0.2) is 4.98 Å². The van der Waals surface area contributed by atoms with E-state index in [1.165, 1.54) is 7.11 Å². The summed E-state index contributed by atoms with van der Waals surface area (Å²) in [7, 11) is 1.32. The standard InChI is InChI=1S/C11H10N4O3/c1-18-10-9(15(16)17)7-12-11(14-10)13-8-5-3-2-4-6-8/h2-7H,1H3,(H,12,13,14). The van der Waals surface area contributed by atoms with Crippen LogP contribution in [0.3, 0.4) is 0 Å². The Labute approximate surface area is 103 Å². The lowest BCUT2D eigenvalue weighted by Crippen LogP contribution is -2.02. The first-order valence-corrected chi connectivity index (χ1v) is 5.08. The Morgan fingerprint density at radius 1 is 1.33 bits per heavy atom. The summed E-state index contributed by atoms with van der Waals surface area (Å²) in [6.45, 7) is 0. The zero-order chi connectivity index (χ0) is 13.0. The third kappa shape index (κ3) is 2.51. The fourth-order valence-electron chi connectivity index (χ4n) is 1.35. The van der Waals surface area contributed by atoms with Gasteiger partial charge in [0.05, 0.1) is 12.0 Å². The van der Waals surface area contributed by atoms with Crippen molar-refractivity contribution >= 4 is 17.3 Å². The molecule has 0 amide bonds. The van der Waals surface area contributed by atoms with Gasteiger partial charge in [-0.3, -0.25) is 10.1 Å². The molecule has 0 aliphatic carbocycles. The summed E-state index contributed by atoms with van der Waals surface area (Å²) in [6.07, 6.45) is 1.11. The predicted molar refractivity (Wildman–Crippen MR) is 65.0 cm³/mol. The quantitative estimate of drug-likeness (QED) is 0.656. The summed E-state index contributed by atoms with van der Waals surface area (Å²) >= 11 is 0. The van der Waals surface area contributed by atoms with Gasteiger partial charge in [0.2, 0.25) is 5.95 Å².